The quantitative estimate of drug-likeness (QED) is 0.551. The molecule has 3 nitrogen and oxygen atoms in total. The Morgan fingerprint density at radius 2 is 1.85 bits per heavy atom. The number of piperidine rings is 1. The van der Waals surface area contributed by atoms with Crippen molar-refractivity contribution in [2.24, 2.45) is 5.41 Å². The number of halogens is 2. The van der Waals surface area contributed by atoms with Crippen molar-refractivity contribution in [2.75, 3.05) is 18.0 Å². The van der Waals surface area contributed by atoms with E-state index in [0.29, 0.717) is 15.5 Å². The summed E-state index contributed by atoms with van der Waals surface area (Å²) in [4.78, 5) is 13.0. The van der Waals surface area contributed by atoms with E-state index in [4.69, 9.17) is 33.2 Å². The first-order valence-corrected chi connectivity index (χ1v) is 11.4. The fraction of sp³-hybridized carbons (Fsp3) is 0.524. The third kappa shape index (κ3) is 4.08. The molecule has 2 aromatic rings. The topological polar surface area (TPSA) is 29.0 Å². The van der Waals surface area contributed by atoms with Crippen molar-refractivity contribution < 1.29 is 0 Å². The summed E-state index contributed by atoms with van der Waals surface area (Å²) in [6.45, 7) is 4.33. The van der Waals surface area contributed by atoms with Crippen molar-refractivity contribution in [1.29, 1.82) is 0 Å². The SMILES string of the molecule is CCc1nc(N2CCC3(CCCC3)CC2)cnc1Sc1cccc(Cl)c1Cl. The molecule has 0 bridgehead atoms. The number of hydrogen-bond acceptors (Lipinski definition) is 4. The largest absolute Gasteiger partial charge is 0.355 e. The summed E-state index contributed by atoms with van der Waals surface area (Å²) < 4.78 is 0. The van der Waals surface area contributed by atoms with Gasteiger partial charge in [0.25, 0.3) is 0 Å². The number of aromatic nitrogens is 2. The van der Waals surface area contributed by atoms with Crippen LogP contribution in [0.1, 0.15) is 51.1 Å². The molecule has 1 aromatic carbocycles. The van der Waals surface area contributed by atoms with E-state index < -0.39 is 0 Å². The van der Waals surface area contributed by atoms with Crippen molar-refractivity contribution in [3.8, 4) is 0 Å². The molecule has 0 amide bonds. The Morgan fingerprint density at radius 3 is 2.56 bits per heavy atom. The maximum absolute atomic E-state index is 6.34. The summed E-state index contributed by atoms with van der Waals surface area (Å²) in [6.07, 6.45) is 11.0. The predicted molar refractivity (Wildman–Crippen MR) is 114 cm³/mol. The van der Waals surface area contributed by atoms with Gasteiger partial charge >= 0.3 is 0 Å². The second-order valence-electron chi connectivity index (χ2n) is 7.68. The van der Waals surface area contributed by atoms with E-state index in [9.17, 15) is 0 Å². The van der Waals surface area contributed by atoms with E-state index in [1.807, 2.05) is 18.3 Å². The third-order valence-electron chi connectivity index (χ3n) is 6.06. The highest BCUT2D eigenvalue weighted by Crippen LogP contribution is 2.46. The molecule has 27 heavy (non-hydrogen) atoms. The minimum atomic E-state index is 0.568. The Kier molecular flexibility index (Phi) is 5.86. The molecular formula is C21H25Cl2N3S. The zero-order valence-corrected chi connectivity index (χ0v) is 18.0. The lowest BCUT2D eigenvalue weighted by Crippen LogP contribution is -2.39. The first-order chi connectivity index (χ1) is 13.1. The summed E-state index contributed by atoms with van der Waals surface area (Å²) >= 11 is 14.0. The Labute approximate surface area is 175 Å². The van der Waals surface area contributed by atoms with Crippen LogP contribution in [0, 0.1) is 5.41 Å². The molecule has 6 heteroatoms. The Morgan fingerprint density at radius 1 is 1.11 bits per heavy atom. The van der Waals surface area contributed by atoms with Gasteiger partial charge in [0.05, 0.1) is 21.9 Å². The van der Waals surface area contributed by atoms with Gasteiger partial charge in [-0.3, -0.25) is 0 Å². The number of anilines is 1. The fourth-order valence-corrected chi connectivity index (χ4v) is 5.82. The van der Waals surface area contributed by atoms with Crippen molar-refractivity contribution in [3.05, 3.63) is 40.1 Å². The standard InChI is InChI=1S/C21H25Cl2N3S/c1-2-16-20(27-17-7-5-6-15(22)19(17)23)24-14-18(25-16)26-12-10-21(11-13-26)8-3-4-9-21/h5-7,14H,2-4,8-13H2,1H3. The van der Waals surface area contributed by atoms with Gasteiger partial charge in [0.15, 0.2) is 0 Å². The monoisotopic (exact) mass is 421 g/mol. The predicted octanol–water partition coefficient (Wildman–Crippen LogP) is 6.66. The molecule has 1 saturated carbocycles. The number of nitrogens with zero attached hydrogens (tertiary/aromatic N) is 3. The van der Waals surface area contributed by atoms with Gasteiger partial charge in [-0.1, -0.05) is 60.8 Å². The molecule has 0 atom stereocenters. The first-order valence-electron chi connectivity index (χ1n) is 9.83. The van der Waals surface area contributed by atoms with Crippen molar-refractivity contribution in [1.82, 2.24) is 9.97 Å². The summed E-state index contributed by atoms with van der Waals surface area (Å²) in [5, 5.41) is 2.06. The molecular weight excluding hydrogens is 397 g/mol. The molecule has 1 spiro atoms. The highest BCUT2D eigenvalue weighted by Gasteiger charge is 2.37. The van der Waals surface area contributed by atoms with Crippen molar-refractivity contribution >= 4 is 40.8 Å². The summed E-state index contributed by atoms with van der Waals surface area (Å²) in [7, 11) is 0. The van der Waals surface area contributed by atoms with Crippen LogP contribution in [0.3, 0.4) is 0 Å². The second-order valence-corrected chi connectivity index (χ2v) is 9.50. The molecule has 2 fully saturated rings. The van der Waals surface area contributed by atoms with Crippen LogP contribution in [0.5, 0.6) is 0 Å². The lowest BCUT2D eigenvalue weighted by molar-refractivity contribution is 0.226. The highest BCUT2D eigenvalue weighted by atomic mass is 35.5. The average molecular weight is 422 g/mol. The molecule has 0 radical (unpaired) electrons. The number of benzene rings is 1. The molecule has 0 N–H and O–H groups in total. The fourth-order valence-electron chi connectivity index (χ4n) is 4.38. The van der Waals surface area contributed by atoms with Crippen LogP contribution < -0.4 is 4.90 Å². The zero-order chi connectivity index (χ0) is 18.9. The van der Waals surface area contributed by atoms with Gasteiger partial charge in [-0.2, -0.15) is 0 Å². The van der Waals surface area contributed by atoms with Crippen LogP contribution in [0.2, 0.25) is 10.0 Å². The van der Waals surface area contributed by atoms with Crippen LogP contribution in [0.15, 0.2) is 34.3 Å². The van der Waals surface area contributed by atoms with Crippen LogP contribution in [0.4, 0.5) is 5.82 Å². The van der Waals surface area contributed by atoms with E-state index in [0.717, 1.165) is 40.9 Å². The van der Waals surface area contributed by atoms with Gasteiger partial charge < -0.3 is 4.90 Å². The van der Waals surface area contributed by atoms with E-state index in [2.05, 4.69) is 11.8 Å². The van der Waals surface area contributed by atoms with Gasteiger partial charge in [0.2, 0.25) is 0 Å². The molecule has 1 aromatic heterocycles. The smallest absolute Gasteiger partial charge is 0.147 e. The Hall–Kier alpha value is -0.970. The molecule has 144 valence electrons. The zero-order valence-electron chi connectivity index (χ0n) is 15.7. The van der Waals surface area contributed by atoms with Gasteiger partial charge in [0, 0.05) is 18.0 Å². The number of aryl methyl sites for hydroxylation is 1. The summed E-state index contributed by atoms with van der Waals surface area (Å²) in [5.41, 5.74) is 1.64. The minimum absolute atomic E-state index is 0.568. The lowest BCUT2D eigenvalue weighted by atomic mass is 9.77. The highest BCUT2D eigenvalue weighted by molar-refractivity contribution is 7.99. The number of rotatable bonds is 4. The lowest BCUT2D eigenvalue weighted by Gasteiger charge is -2.40. The summed E-state index contributed by atoms with van der Waals surface area (Å²) in [6, 6.07) is 5.69. The second kappa shape index (κ2) is 8.18. The first kappa shape index (κ1) is 19.4. The molecule has 4 rings (SSSR count). The van der Waals surface area contributed by atoms with E-state index in [1.54, 1.807) is 17.8 Å². The normalized spacial score (nSPS) is 19.0. The maximum Gasteiger partial charge on any atom is 0.147 e. The van der Waals surface area contributed by atoms with Gasteiger partial charge in [-0.05, 0) is 49.7 Å². The summed E-state index contributed by atoms with van der Waals surface area (Å²) in [5.74, 6) is 1.02. The van der Waals surface area contributed by atoms with E-state index in [1.165, 1.54) is 38.5 Å². The van der Waals surface area contributed by atoms with E-state index >= 15 is 0 Å². The Bertz CT molecular complexity index is 811. The molecule has 1 aliphatic heterocycles. The van der Waals surface area contributed by atoms with Gasteiger partial charge in [0.1, 0.15) is 10.8 Å². The number of hydrogen-bond donors (Lipinski definition) is 0. The van der Waals surface area contributed by atoms with Crippen LogP contribution in [-0.2, 0) is 6.42 Å². The molecule has 0 unspecified atom stereocenters. The van der Waals surface area contributed by atoms with Crippen LogP contribution >= 0.6 is 35.0 Å². The van der Waals surface area contributed by atoms with Gasteiger partial charge in [-0.15, -0.1) is 0 Å². The van der Waals surface area contributed by atoms with Crippen molar-refractivity contribution in [3.63, 3.8) is 0 Å². The molecule has 2 aliphatic rings. The van der Waals surface area contributed by atoms with Crippen LogP contribution in [-0.4, -0.2) is 23.1 Å². The maximum atomic E-state index is 6.34. The van der Waals surface area contributed by atoms with E-state index in [-0.39, 0.29) is 0 Å². The van der Waals surface area contributed by atoms with Crippen molar-refractivity contribution in [2.45, 2.75) is 61.8 Å². The molecule has 2 heterocycles. The molecule has 1 saturated heterocycles. The van der Waals surface area contributed by atoms with Crippen LogP contribution in [0.25, 0.3) is 0 Å². The molecule has 1 aliphatic carbocycles. The minimum Gasteiger partial charge on any atom is -0.355 e. The van der Waals surface area contributed by atoms with Gasteiger partial charge in [-0.25, -0.2) is 9.97 Å². The Balaban J connectivity index is 1.51. The third-order valence-corrected chi connectivity index (χ3v) is 8.09. The average Bonchev–Trinajstić information content (AvgIpc) is 3.14.